The lowest BCUT2D eigenvalue weighted by Gasteiger charge is -2.23. The molecule has 0 spiro atoms. The van der Waals surface area contributed by atoms with Crippen LogP contribution in [-0.2, 0) is 4.79 Å². The Balaban J connectivity index is 1.60. The molecule has 1 aliphatic heterocycles. The van der Waals surface area contributed by atoms with Gasteiger partial charge in [0.05, 0.1) is 17.3 Å². The molecule has 30 heavy (non-hydrogen) atoms. The molecule has 1 aliphatic rings. The molecule has 3 aromatic carbocycles. The smallest absolute Gasteiger partial charge is 0.226 e. The van der Waals surface area contributed by atoms with Gasteiger partial charge >= 0.3 is 0 Å². The van der Waals surface area contributed by atoms with Gasteiger partial charge in [-0.3, -0.25) is 9.59 Å². The second-order valence-electron chi connectivity index (χ2n) is 7.47. The number of aryl methyl sites for hydroxylation is 1. The highest BCUT2D eigenvalue weighted by atomic mass is 19.1. The lowest BCUT2D eigenvalue weighted by molar-refractivity contribution is -0.116. The van der Waals surface area contributed by atoms with Crippen LogP contribution in [0, 0.1) is 12.7 Å². The molecule has 148 valence electrons. The van der Waals surface area contributed by atoms with Gasteiger partial charge in [0.15, 0.2) is 5.78 Å². The summed E-state index contributed by atoms with van der Waals surface area (Å²) in [5.41, 5.74) is 2.54. The zero-order chi connectivity index (χ0) is 20.8. The molecule has 0 aliphatic carbocycles. The molecule has 5 nitrogen and oxygen atoms in total. The Labute approximate surface area is 172 Å². The summed E-state index contributed by atoms with van der Waals surface area (Å²) in [6.45, 7) is 1.82. The van der Waals surface area contributed by atoms with Crippen molar-refractivity contribution in [2.75, 3.05) is 5.32 Å². The fraction of sp³-hybridized carbons (Fsp3) is 0.125. The summed E-state index contributed by atoms with van der Waals surface area (Å²) < 4.78 is 14.9. The van der Waals surface area contributed by atoms with E-state index in [0.29, 0.717) is 28.3 Å². The van der Waals surface area contributed by atoms with Crippen LogP contribution in [0.3, 0.4) is 0 Å². The quantitative estimate of drug-likeness (QED) is 0.504. The van der Waals surface area contributed by atoms with Crippen LogP contribution < -0.4 is 5.32 Å². The van der Waals surface area contributed by atoms with Gasteiger partial charge in [0.25, 0.3) is 0 Å². The number of amides is 1. The first-order chi connectivity index (χ1) is 14.5. The number of nitrogens with zero attached hydrogens (tertiary/aromatic N) is 2. The molecule has 0 fully saturated rings. The summed E-state index contributed by atoms with van der Waals surface area (Å²) in [6.07, 6.45) is 0.0641. The minimum absolute atomic E-state index is 0.0641. The number of nitrogens with one attached hydrogen (secondary N) is 1. The van der Waals surface area contributed by atoms with Crippen molar-refractivity contribution in [3.05, 3.63) is 89.4 Å². The average molecular weight is 399 g/mol. The van der Waals surface area contributed by atoms with Crippen molar-refractivity contribution in [3.8, 4) is 5.69 Å². The third kappa shape index (κ3) is 2.97. The van der Waals surface area contributed by atoms with Gasteiger partial charge in [0.1, 0.15) is 11.6 Å². The molecule has 0 radical (unpaired) electrons. The van der Waals surface area contributed by atoms with Gasteiger partial charge in [-0.05, 0) is 48.0 Å². The van der Waals surface area contributed by atoms with E-state index in [0.717, 1.165) is 10.8 Å². The molecule has 1 N–H and O–H groups in total. The molecular weight excluding hydrogens is 381 g/mol. The van der Waals surface area contributed by atoms with Gasteiger partial charge in [0.2, 0.25) is 5.91 Å². The molecule has 1 amide bonds. The predicted molar refractivity (Wildman–Crippen MR) is 113 cm³/mol. The number of Topliss-reactive ketones (excluding diaryl/α,β-unsaturated/α-hetero) is 1. The maximum absolute atomic E-state index is 13.4. The molecule has 0 bridgehead atoms. The molecule has 2 heterocycles. The second kappa shape index (κ2) is 6.91. The van der Waals surface area contributed by atoms with E-state index in [1.54, 1.807) is 22.9 Å². The zero-order valence-corrected chi connectivity index (χ0v) is 16.2. The van der Waals surface area contributed by atoms with Gasteiger partial charge in [-0.15, -0.1) is 0 Å². The monoisotopic (exact) mass is 399 g/mol. The lowest BCUT2D eigenvalue weighted by Crippen LogP contribution is -2.28. The standard InChI is InChI=1S/C24H18FN3O2/c1-14-22-20(23(30)17-7-6-15-4-2-3-5-16(15)12-17)13-21(29)26-24(22)28(27-14)19-10-8-18(25)9-11-19/h2-12,20H,13H2,1H3,(H,26,29)/t20-/m1/s1. The van der Waals surface area contributed by atoms with Gasteiger partial charge < -0.3 is 5.32 Å². The zero-order valence-electron chi connectivity index (χ0n) is 16.2. The Morgan fingerprint density at radius 2 is 1.80 bits per heavy atom. The van der Waals surface area contributed by atoms with E-state index >= 15 is 0 Å². The van der Waals surface area contributed by atoms with Gasteiger partial charge in [-0.1, -0.05) is 36.4 Å². The molecule has 1 aromatic heterocycles. The number of anilines is 1. The summed E-state index contributed by atoms with van der Waals surface area (Å²) in [5.74, 6) is -0.869. The van der Waals surface area contributed by atoms with E-state index < -0.39 is 5.92 Å². The number of hydrogen-bond acceptors (Lipinski definition) is 3. The van der Waals surface area contributed by atoms with Crippen LogP contribution in [0.4, 0.5) is 10.2 Å². The number of hydrogen-bond donors (Lipinski definition) is 1. The van der Waals surface area contributed by atoms with Crippen LogP contribution in [0.5, 0.6) is 0 Å². The fourth-order valence-corrected chi connectivity index (χ4v) is 4.08. The highest BCUT2D eigenvalue weighted by molar-refractivity contribution is 6.09. The predicted octanol–water partition coefficient (Wildman–Crippen LogP) is 4.78. The van der Waals surface area contributed by atoms with Crippen molar-refractivity contribution < 1.29 is 14.0 Å². The number of halogens is 1. The third-order valence-electron chi connectivity index (χ3n) is 5.52. The molecule has 0 unspecified atom stereocenters. The second-order valence-corrected chi connectivity index (χ2v) is 7.47. The van der Waals surface area contributed by atoms with Crippen molar-refractivity contribution in [3.63, 3.8) is 0 Å². The Kier molecular flexibility index (Phi) is 4.20. The summed E-state index contributed by atoms with van der Waals surface area (Å²) in [5, 5.41) is 9.40. The van der Waals surface area contributed by atoms with Crippen molar-refractivity contribution in [1.82, 2.24) is 9.78 Å². The number of carbonyl (C=O) groups is 2. The van der Waals surface area contributed by atoms with Gasteiger partial charge in [0, 0.05) is 17.5 Å². The first-order valence-corrected chi connectivity index (χ1v) is 9.69. The van der Waals surface area contributed by atoms with E-state index in [-0.39, 0.29) is 23.9 Å². The highest BCUT2D eigenvalue weighted by Gasteiger charge is 2.36. The maximum atomic E-state index is 13.4. The number of fused-ring (bicyclic) bond motifs is 2. The van der Waals surface area contributed by atoms with E-state index in [2.05, 4.69) is 10.4 Å². The van der Waals surface area contributed by atoms with Crippen molar-refractivity contribution >= 4 is 28.3 Å². The number of ketones is 1. The van der Waals surface area contributed by atoms with Crippen LogP contribution in [0.25, 0.3) is 16.5 Å². The molecule has 4 aromatic rings. The number of benzene rings is 3. The molecule has 1 atom stereocenters. The molecular formula is C24H18FN3O2. The topological polar surface area (TPSA) is 64.0 Å². The Morgan fingerprint density at radius 3 is 2.57 bits per heavy atom. The third-order valence-corrected chi connectivity index (χ3v) is 5.52. The molecule has 5 rings (SSSR count). The minimum Gasteiger partial charge on any atom is -0.310 e. The van der Waals surface area contributed by atoms with E-state index in [9.17, 15) is 14.0 Å². The van der Waals surface area contributed by atoms with E-state index in [1.807, 2.05) is 43.3 Å². The van der Waals surface area contributed by atoms with E-state index in [1.165, 1.54) is 12.1 Å². The Hall–Kier alpha value is -3.80. The fourth-order valence-electron chi connectivity index (χ4n) is 4.08. The van der Waals surface area contributed by atoms with Crippen molar-refractivity contribution in [2.24, 2.45) is 0 Å². The van der Waals surface area contributed by atoms with Crippen molar-refractivity contribution in [2.45, 2.75) is 19.3 Å². The molecule has 0 saturated carbocycles. The van der Waals surface area contributed by atoms with Crippen LogP contribution in [0.2, 0.25) is 0 Å². The largest absolute Gasteiger partial charge is 0.310 e. The van der Waals surface area contributed by atoms with Crippen LogP contribution in [-0.4, -0.2) is 21.5 Å². The van der Waals surface area contributed by atoms with E-state index in [4.69, 9.17) is 0 Å². The minimum atomic E-state index is -0.621. The summed E-state index contributed by atoms with van der Waals surface area (Å²) in [4.78, 5) is 25.9. The first kappa shape index (κ1) is 18.2. The Morgan fingerprint density at radius 1 is 1.07 bits per heavy atom. The maximum Gasteiger partial charge on any atom is 0.226 e. The van der Waals surface area contributed by atoms with Crippen LogP contribution in [0.1, 0.15) is 34.0 Å². The average Bonchev–Trinajstić information content (AvgIpc) is 3.09. The number of carbonyl (C=O) groups excluding carboxylic acids is 2. The van der Waals surface area contributed by atoms with Gasteiger partial charge in [-0.2, -0.15) is 5.10 Å². The van der Waals surface area contributed by atoms with Crippen LogP contribution >= 0.6 is 0 Å². The number of rotatable bonds is 3. The highest BCUT2D eigenvalue weighted by Crippen LogP contribution is 2.38. The van der Waals surface area contributed by atoms with Gasteiger partial charge in [-0.25, -0.2) is 9.07 Å². The Bertz CT molecular complexity index is 1310. The normalized spacial score (nSPS) is 15.7. The summed E-state index contributed by atoms with van der Waals surface area (Å²) in [6, 6.07) is 19.3. The molecule has 6 heteroatoms. The van der Waals surface area contributed by atoms with Crippen LogP contribution in [0.15, 0.2) is 66.7 Å². The lowest BCUT2D eigenvalue weighted by atomic mass is 9.85. The number of aromatic nitrogens is 2. The van der Waals surface area contributed by atoms with Crippen molar-refractivity contribution in [1.29, 1.82) is 0 Å². The first-order valence-electron chi connectivity index (χ1n) is 9.69. The summed E-state index contributed by atoms with van der Waals surface area (Å²) in [7, 11) is 0. The molecule has 0 saturated heterocycles. The summed E-state index contributed by atoms with van der Waals surface area (Å²) >= 11 is 0. The SMILES string of the molecule is Cc1nn(-c2ccc(F)cc2)c2c1[C@H](C(=O)c1ccc3ccccc3c1)CC(=O)N2.